The van der Waals surface area contributed by atoms with Gasteiger partial charge in [-0.3, -0.25) is 9.78 Å². The molecule has 2 aromatic rings. The Labute approximate surface area is 147 Å². The zero-order chi connectivity index (χ0) is 17.1. The minimum absolute atomic E-state index is 0.0245. The van der Waals surface area contributed by atoms with Crippen molar-refractivity contribution in [3.05, 3.63) is 47.9 Å². The molecule has 2 aliphatic rings. The number of likely N-dealkylation sites (tertiary alicyclic amines) is 1. The average molecular weight is 338 g/mol. The standard InChI is InChI=1S/C19H22N4O2/c24-19(23-7-3-4-8-23)16-11-20-12-18(22-16)21-10-14-9-15-5-1-2-6-17(15)25-13-14/h1-2,5-6,11-12,14H,3-4,7-10,13H2,(H,21,22)/t14-/m1/s1. The highest BCUT2D eigenvalue weighted by Gasteiger charge is 2.22. The van der Waals surface area contributed by atoms with E-state index < -0.39 is 0 Å². The highest BCUT2D eigenvalue weighted by atomic mass is 16.5. The van der Waals surface area contributed by atoms with Gasteiger partial charge in [0.15, 0.2) is 0 Å². The second-order valence-electron chi connectivity index (χ2n) is 6.66. The highest BCUT2D eigenvalue weighted by Crippen LogP contribution is 2.26. The summed E-state index contributed by atoms with van der Waals surface area (Å²) in [7, 11) is 0. The van der Waals surface area contributed by atoms with Gasteiger partial charge in [-0.1, -0.05) is 18.2 Å². The van der Waals surface area contributed by atoms with Crippen molar-refractivity contribution in [1.29, 1.82) is 0 Å². The van der Waals surface area contributed by atoms with Gasteiger partial charge in [0.25, 0.3) is 5.91 Å². The maximum Gasteiger partial charge on any atom is 0.274 e. The molecule has 0 unspecified atom stereocenters. The van der Waals surface area contributed by atoms with Crippen LogP contribution in [-0.4, -0.2) is 47.0 Å². The Morgan fingerprint density at radius 1 is 1.24 bits per heavy atom. The molecule has 2 aliphatic heterocycles. The number of carbonyl (C=O) groups excluding carboxylic acids is 1. The molecule has 0 aliphatic carbocycles. The number of benzene rings is 1. The van der Waals surface area contributed by atoms with Crippen molar-refractivity contribution in [2.45, 2.75) is 19.3 Å². The topological polar surface area (TPSA) is 67.3 Å². The van der Waals surface area contributed by atoms with Crippen molar-refractivity contribution >= 4 is 11.7 Å². The van der Waals surface area contributed by atoms with Crippen LogP contribution in [0.1, 0.15) is 28.9 Å². The van der Waals surface area contributed by atoms with E-state index in [9.17, 15) is 4.79 Å². The van der Waals surface area contributed by atoms with Gasteiger partial charge in [0.1, 0.15) is 17.3 Å². The highest BCUT2D eigenvalue weighted by molar-refractivity contribution is 5.92. The van der Waals surface area contributed by atoms with Gasteiger partial charge in [0.2, 0.25) is 0 Å². The van der Waals surface area contributed by atoms with Crippen molar-refractivity contribution in [3.8, 4) is 5.75 Å². The summed E-state index contributed by atoms with van der Waals surface area (Å²) in [4.78, 5) is 22.9. The normalized spacial score (nSPS) is 19.2. The first-order valence-electron chi connectivity index (χ1n) is 8.85. The molecule has 1 N–H and O–H groups in total. The summed E-state index contributed by atoms with van der Waals surface area (Å²) in [5.41, 5.74) is 1.65. The van der Waals surface area contributed by atoms with Crippen molar-refractivity contribution in [2.75, 3.05) is 31.6 Å². The van der Waals surface area contributed by atoms with Crippen LogP contribution in [0.2, 0.25) is 0 Å². The maximum atomic E-state index is 12.4. The lowest BCUT2D eigenvalue weighted by atomic mass is 9.97. The molecule has 4 rings (SSSR count). The molecular formula is C19H22N4O2. The number of fused-ring (bicyclic) bond motifs is 1. The zero-order valence-corrected chi connectivity index (χ0v) is 14.1. The molecule has 0 spiro atoms. The third-order valence-electron chi connectivity index (χ3n) is 4.77. The number of amides is 1. The van der Waals surface area contributed by atoms with Crippen LogP contribution in [-0.2, 0) is 6.42 Å². The SMILES string of the molecule is O=C(c1cncc(NC[C@@H]2COc3ccccc3C2)n1)N1CCCC1. The zero-order valence-electron chi connectivity index (χ0n) is 14.1. The van der Waals surface area contributed by atoms with E-state index in [1.54, 1.807) is 12.4 Å². The first-order valence-corrected chi connectivity index (χ1v) is 8.85. The van der Waals surface area contributed by atoms with Crippen molar-refractivity contribution < 1.29 is 9.53 Å². The van der Waals surface area contributed by atoms with Crippen molar-refractivity contribution in [2.24, 2.45) is 5.92 Å². The van der Waals surface area contributed by atoms with Crippen molar-refractivity contribution in [1.82, 2.24) is 14.9 Å². The predicted molar refractivity (Wildman–Crippen MR) is 94.8 cm³/mol. The molecule has 0 bridgehead atoms. The molecule has 1 saturated heterocycles. The smallest absolute Gasteiger partial charge is 0.274 e. The number of nitrogens with zero attached hydrogens (tertiary/aromatic N) is 3. The van der Waals surface area contributed by atoms with E-state index in [2.05, 4.69) is 21.4 Å². The number of hydrogen-bond acceptors (Lipinski definition) is 5. The van der Waals surface area contributed by atoms with Gasteiger partial charge < -0.3 is 15.0 Å². The number of aromatic nitrogens is 2. The molecule has 1 atom stereocenters. The second-order valence-corrected chi connectivity index (χ2v) is 6.66. The maximum absolute atomic E-state index is 12.4. The van der Waals surface area contributed by atoms with Crippen LogP contribution >= 0.6 is 0 Å². The quantitative estimate of drug-likeness (QED) is 0.927. The van der Waals surface area contributed by atoms with Crippen LogP contribution in [0.4, 0.5) is 5.82 Å². The fourth-order valence-electron chi connectivity index (χ4n) is 3.41. The van der Waals surface area contributed by atoms with Crippen molar-refractivity contribution in [3.63, 3.8) is 0 Å². The number of anilines is 1. The van der Waals surface area contributed by atoms with Gasteiger partial charge in [-0.15, -0.1) is 0 Å². The largest absolute Gasteiger partial charge is 0.493 e. The molecule has 1 amide bonds. The van der Waals surface area contributed by atoms with Gasteiger partial charge in [-0.25, -0.2) is 4.98 Å². The van der Waals surface area contributed by atoms with Gasteiger partial charge in [0.05, 0.1) is 19.0 Å². The number of hydrogen-bond donors (Lipinski definition) is 1. The van der Waals surface area contributed by atoms with Crippen LogP contribution in [0.5, 0.6) is 5.75 Å². The Morgan fingerprint density at radius 2 is 2.08 bits per heavy atom. The lowest BCUT2D eigenvalue weighted by molar-refractivity contribution is 0.0786. The Hall–Kier alpha value is -2.63. The predicted octanol–water partition coefficient (Wildman–Crippen LogP) is 2.38. The molecule has 1 aromatic heterocycles. The Kier molecular flexibility index (Phi) is 4.50. The summed E-state index contributed by atoms with van der Waals surface area (Å²) in [6.07, 6.45) is 6.33. The minimum atomic E-state index is -0.0245. The molecule has 6 heteroatoms. The number of ether oxygens (including phenoxy) is 1. The summed E-state index contributed by atoms with van der Waals surface area (Å²) in [6.45, 7) is 3.06. The van der Waals surface area contributed by atoms with Crippen LogP contribution in [0.15, 0.2) is 36.7 Å². The molecule has 6 nitrogen and oxygen atoms in total. The van der Waals surface area contributed by atoms with E-state index in [1.165, 1.54) is 5.56 Å². The van der Waals surface area contributed by atoms with E-state index in [-0.39, 0.29) is 5.91 Å². The summed E-state index contributed by atoms with van der Waals surface area (Å²) in [5.74, 6) is 1.97. The fraction of sp³-hybridized carbons (Fsp3) is 0.421. The first kappa shape index (κ1) is 15.9. The molecule has 0 saturated carbocycles. The first-order chi connectivity index (χ1) is 12.3. The molecule has 3 heterocycles. The summed E-state index contributed by atoms with van der Waals surface area (Å²) in [5, 5.41) is 3.31. The van der Waals surface area contributed by atoms with Crippen LogP contribution in [0.25, 0.3) is 0 Å². The van der Waals surface area contributed by atoms with Crippen LogP contribution in [0.3, 0.4) is 0 Å². The molecule has 25 heavy (non-hydrogen) atoms. The lowest BCUT2D eigenvalue weighted by Gasteiger charge is -2.25. The number of nitrogens with one attached hydrogen (secondary N) is 1. The number of para-hydroxylation sites is 1. The number of rotatable bonds is 4. The van der Waals surface area contributed by atoms with Gasteiger partial charge in [-0.2, -0.15) is 0 Å². The molecule has 130 valence electrons. The summed E-state index contributed by atoms with van der Waals surface area (Å²) in [6, 6.07) is 8.15. The van der Waals surface area contributed by atoms with Gasteiger partial charge >= 0.3 is 0 Å². The van der Waals surface area contributed by atoms with E-state index in [1.807, 2.05) is 23.1 Å². The monoisotopic (exact) mass is 338 g/mol. The molecule has 0 radical (unpaired) electrons. The third-order valence-corrected chi connectivity index (χ3v) is 4.77. The summed E-state index contributed by atoms with van der Waals surface area (Å²) >= 11 is 0. The van der Waals surface area contributed by atoms with Crippen LogP contribution < -0.4 is 10.1 Å². The summed E-state index contributed by atoms with van der Waals surface area (Å²) < 4.78 is 5.82. The van der Waals surface area contributed by atoms with E-state index >= 15 is 0 Å². The molecule has 1 fully saturated rings. The van der Waals surface area contributed by atoms with E-state index in [0.29, 0.717) is 24.0 Å². The van der Waals surface area contributed by atoms with Gasteiger partial charge in [0, 0.05) is 25.6 Å². The second kappa shape index (κ2) is 7.09. The van der Waals surface area contributed by atoms with Gasteiger partial charge in [-0.05, 0) is 30.9 Å². The Bertz CT molecular complexity index is 759. The average Bonchev–Trinajstić information content (AvgIpc) is 3.20. The lowest BCUT2D eigenvalue weighted by Crippen LogP contribution is -2.29. The van der Waals surface area contributed by atoms with E-state index in [4.69, 9.17) is 4.74 Å². The Balaban J connectivity index is 1.37. The Morgan fingerprint density at radius 3 is 2.96 bits per heavy atom. The van der Waals surface area contributed by atoms with Crippen LogP contribution in [0, 0.1) is 5.92 Å². The molecule has 1 aromatic carbocycles. The molecular weight excluding hydrogens is 316 g/mol. The number of carbonyl (C=O) groups is 1. The third kappa shape index (κ3) is 3.57. The fourth-order valence-corrected chi connectivity index (χ4v) is 3.41. The minimum Gasteiger partial charge on any atom is -0.493 e. The van der Waals surface area contributed by atoms with E-state index in [0.717, 1.165) is 44.6 Å².